The van der Waals surface area contributed by atoms with Crippen LogP contribution < -0.4 is 14.8 Å². The molecule has 0 aliphatic carbocycles. The third-order valence-corrected chi connectivity index (χ3v) is 4.72. The van der Waals surface area contributed by atoms with E-state index >= 15 is 0 Å². The number of aromatic amines is 1. The van der Waals surface area contributed by atoms with Gasteiger partial charge in [-0.25, -0.2) is 0 Å². The van der Waals surface area contributed by atoms with Crippen LogP contribution in [0.1, 0.15) is 16.1 Å². The smallest absolute Gasteiger partial charge is 0.269 e. The number of nitrogens with zero attached hydrogens (tertiary/aromatic N) is 1. The lowest BCUT2D eigenvalue weighted by Crippen LogP contribution is -2.26. The minimum absolute atomic E-state index is 0.246. The van der Waals surface area contributed by atoms with Gasteiger partial charge >= 0.3 is 0 Å². The van der Waals surface area contributed by atoms with Gasteiger partial charge in [0.2, 0.25) is 0 Å². The number of amides is 1. The highest BCUT2D eigenvalue weighted by atomic mass is 35.5. The number of carbonyl (C=O) groups excluding carboxylic acids is 1. The predicted octanol–water partition coefficient (Wildman–Crippen LogP) is 4.37. The first kappa shape index (κ1) is 20.0. The van der Waals surface area contributed by atoms with Gasteiger partial charge in [0.1, 0.15) is 5.69 Å². The minimum Gasteiger partial charge on any atom is -0.493 e. The van der Waals surface area contributed by atoms with Gasteiger partial charge in [0.25, 0.3) is 5.91 Å². The van der Waals surface area contributed by atoms with Crippen LogP contribution in [0.3, 0.4) is 0 Å². The van der Waals surface area contributed by atoms with Crippen molar-refractivity contribution in [3.05, 3.63) is 63.8 Å². The zero-order chi connectivity index (χ0) is 20.1. The zero-order valence-corrected chi connectivity index (χ0v) is 16.9. The van der Waals surface area contributed by atoms with Gasteiger partial charge in [0, 0.05) is 17.1 Å². The molecule has 0 bridgehead atoms. The fourth-order valence-corrected chi connectivity index (χ4v) is 3.23. The standard InChI is InChI=1S/C20H19Cl2N3O3/c1-27-18-6-3-12(9-19(18)28-2)7-8-23-20(26)17-11-16(24-25-17)14-5-4-13(21)10-15(14)22/h3-6,9-11H,7-8H2,1-2H3,(H,23,26)(H,24,25). The van der Waals surface area contributed by atoms with Crippen molar-refractivity contribution >= 4 is 29.1 Å². The van der Waals surface area contributed by atoms with Crippen LogP contribution in [0.25, 0.3) is 11.3 Å². The summed E-state index contributed by atoms with van der Waals surface area (Å²) in [5.74, 6) is 1.08. The summed E-state index contributed by atoms with van der Waals surface area (Å²) in [4.78, 5) is 12.4. The number of aromatic nitrogens is 2. The summed E-state index contributed by atoms with van der Waals surface area (Å²) in [6.07, 6.45) is 0.649. The highest BCUT2D eigenvalue weighted by Crippen LogP contribution is 2.29. The summed E-state index contributed by atoms with van der Waals surface area (Å²) in [7, 11) is 3.18. The van der Waals surface area contributed by atoms with E-state index < -0.39 is 0 Å². The van der Waals surface area contributed by atoms with Crippen LogP contribution in [0, 0.1) is 0 Å². The zero-order valence-electron chi connectivity index (χ0n) is 15.4. The average molecular weight is 420 g/mol. The van der Waals surface area contributed by atoms with E-state index in [1.165, 1.54) is 0 Å². The Morgan fingerprint density at radius 1 is 1.07 bits per heavy atom. The first-order valence-corrected chi connectivity index (χ1v) is 9.27. The van der Waals surface area contributed by atoms with Crippen LogP contribution in [0.4, 0.5) is 0 Å². The second-order valence-electron chi connectivity index (χ2n) is 5.99. The van der Waals surface area contributed by atoms with Gasteiger partial charge < -0.3 is 14.8 Å². The SMILES string of the molecule is COc1ccc(CCNC(=O)c2cc(-c3ccc(Cl)cc3Cl)n[nH]2)cc1OC. The molecule has 0 radical (unpaired) electrons. The van der Waals surface area contributed by atoms with Crippen molar-refractivity contribution in [3.63, 3.8) is 0 Å². The highest BCUT2D eigenvalue weighted by molar-refractivity contribution is 6.36. The fourth-order valence-electron chi connectivity index (χ4n) is 2.72. The molecule has 0 aliphatic heterocycles. The Morgan fingerprint density at radius 3 is 2.57 bits per heavy atom. The van der Waals surface area contributed by atoms with Gasteiger partial charge in [-0.05, 0) is 48.4 Å². The Hall–Kier alpha value is -2.70. The van der Waals surface area contributed by atoms with Crippen LogP contribution >= 0.6 is 23.2 Å². The number of H-pyrrole nitrogens is 1. The number of nitrogens with one attached hydrogen (secondary N) is 2. The topological polar surface area (TPSA) is 76.2 Å². The van der Waals surface area contributed by atoms with E-state index in [1.54, 1.807) is 38.5 Å². The normalized spacial score (nSPS) is 10.6. The first-order valence-electron chi connectivity index (χ1n) is 8.51. The van der Waals surface area contributed by atoms with E-state index in [1.807, 2.05) is 18.2 Å². The van der Waals surface area contributed by atoms with Crippen molar-refractivity contribution in [2.75, 3.05) is 20.8 Å². The molecule has 3 rings (SSSR count). The Morgan fingerprint density at radius 2 is 1.86 bits per heavy atom. The maximum Gasteiger partial charge on any atom is 0.269 e. The van der Waals surface area contributed by atoms with Gasteiger partial charge in [-0.1, -0.05) is 29.3 Å². The van der Waals surface area contributed by atoms with Crippen LogP contribution in [-0.4, -0.2) is 36.9 Å². The molecule has 1 amide bonds. The van der Waals surface area contributed by atoms with Crippen LogP contribution in [0.5, 0.6) is 11.5 Å². The molecule has 8 heteroatoms. The van der Waals surface area contributed by atoms with Gasteiger partial charge in [0.05, 0.1) is 24.9 Å². The summed E-state index contributed by atoms with van der Waals surface area (Å²) in [6.45, 7) is 0.463. The number of hydrogen-bond acceptors (Lipinski definition) is 4. The van der Waals surface area contributed by atoms with Gasteiger partial charge in [-0.2, -0.15) is 5.10 Å². The van der Waals surface area contributed by atoms with Gasteiger partial charge in [-0.15, -0.1) is 0 Å². The monoisotopic (exact) mass is 419 g/mol. The predicted molar refractivity (Wildman–Crippen MR) is 110 cm³/mol. The molecule has 6 nitrogen and oxygen atoms in total. The second-order valence-corrected chi connectivity index (χ2v) is 6.83. The summed E-state index contributed by atoms with van der Waals surface area (Å²) < 4.78 is 10.5. The van der Waals surface area contributed by atoms with Gasteiger partial charge in [0.15, 0.2) is 11.5 Å². The Kier molecular flexibility index (Phi) is 6.44. The van der Waals surface area contributed by atoms with Crippen molar-refractivity contribution in [3.8, 4) is 22.8 Å². The average Bonchev–Trinajstić information content (AvgIpc) is 3.17. The molecule has 2 aromatic carbocycles. The summed E-state index contributed by atoms with van der Waals surface area (Å²) in [5, 5.41) is 10.8. The lowest BCUT2D eigenvalue weighted by Gasteiger charge is -2.09. The van der Waals surface area contributed by atoms with E-state index in [0.717, 1.165) is 5.56 Å². The number of rotatable bonds is 7. The molecule has 2 N–H and O–H groups in total. The molecular weight excluding hydrogens is 401 g/mol. The molecule has 0 atom stereocenters. The van der Waals surface area contributed by atoms with Crippen LogP contribution in [0.2, 0.25) is 10.0 Å². The summed E-state index contributed by atoms with van der Waals surface area (Å²) >= 11 is 12.1. The van der Waals surface area contributed by atoms with Crippen molar-refractivity contribution in [1.82, 2.24) is 15.5 Å². The quantitative estimate of drug-likeness (QED) is 0.595. The van der Waals surface area contributed by atoms with Crippen LogP contribution in [0.15, 0.2) is 42.5 Å². The molecule has 1 heterocycles. The Labute approximate surface area is 172 Å². The molecule has 1 aromatic heterocycles. The largest absolute Gasteiger partial charge is 0.493 e. The lowest BCUT2D eigenvalue weighted by molar-refractivity contribution is 0.0949. The molecular formula is C20H19Cl2N3O3. The third-order valence-electron chi connectivity index (χ3n) is 4.18. The van der Waals surface area contributed by atoms with Crippen molar-refractivity contribution in [2.24, 2.45) is 0 Å². The molecule has 0 saturated heterocycles. The minimum atomic E-state index is -0.246. The number of ether oxygens (including phenoxy) is 2. The summed E-state index contributed by atoms with van der Waals surface area (Å²) in [6, 6.07) is 12.4. The molecule has 0 fully saturated rings. The molecule has 28 heavy (non-hydrogen) atoms. The highest BCUT2D eigenvalue weighted by Gasteiger charge is 2.13. The fraction of sp³-hybridized carbons (Fsp3) is 0.200. The molecule has 146 valence electrons. The number of carbonyl (C=O) groups is 1. The summed E-state index contributed by atoms with van der Waals surface area (Å²) in [5.41, 5.74) is 2.66. The van der Waals surface area contributed by atoms with E-state index in [9.17, 15) is 4.79 Å². The van der Waals surface area contributed by atoms with Crippen molar-refractivity contribution in [2.45, 2.75) is 6.42 Å². The maximum absolute atomic E-state index is 12.4. The molecule has 0 spiro atoms. The van der Waals surface area contributed by atoms with E-state index in [0.29, 0.717) is 51.5 Å². The first-order chi connectivity index (χ1) is 13.5. The molecule has 0 saturated carbocycles. The maximum atomic E-state index is 12.4. The van der Waals surface area contributed by atoms with E-state index in [-0.39, 0.29) is 5.91 Å². The van der Waals surface area contributed by atoms with Crippen molar-refractivity contribution in [1.29, 1.82) is 0 Å². The lowest BCUT2D eigenvalue weighted by atomic mass is 10.1. The second kappa shape index (κ2) is 8.99. The van der Waals surface area contributed by atoms with E-state index in [4.69, 9.17) is 32.7 Å². The third kappa shape index (κ3) is 4.58. The van der Waals surface area contributed by atoms with Gasteiger partial charge in [-0.3, -0.25) is 9.89 Å². The van der Waals surface area contributed by atoms with Crippen molar-refractivity contribution < 1.29 is 14.3 Å². The Balaban J connectivity index is 1.61. The number of benzene rings is 2. The Bertz CT molecular complexity index is 989. The number of hydrogen-bond donors (Lipinski definition) is 2. The molecule has 0 aliphatic rings. The number of methoxy groups -OCH3 is 2. The van der Waals surface area contributed by atoms with Crippen LogP contribution in [-0.2, 0) is 6.42 Å². The number of halogens is 2. The van der Waals surface area contributed by atoms with E-state index in [2.05, 4.69) is 15.5 Å². The molecule has 0 unspecified atom stereocenters. The molecule has 3 aromatic rings.